The predicted molar refractivity (Wildman–Crippen MR) is 104 cm³/mol. The molecule has 0 aliphatic carbocycles. The summed E-state index contributed by atoms with van der Waals surface area (Å²) in [6.07, 6.45) is 0. The average molecular weight is 348 g/mol. The van der Waals surface area contributed by atoms with Crippen LogP contribution in [0.25, 0.3) is 0 Å². The van der Waals surface area contributed by atoms with E-state index in [1.165, 1.54) is 0 Å². The monoisotopic (exact) mass is 348 g/mol. The zero-order valence-corrected chi connectivity index (χ0v) is 14.7. The van der Waals surface area contributed by atoms with Crippen LogP contribution in [0, 0.1) is 0 Å². The van der Waals surface area contributed by atoms with Crippen LogP contribution in [0.4, 0.5) is 17.1 Å². The Balaban J connectivity index is 1.68. The van der Waals surface area contributed by atoms with E-state index in [2.05, 4.69) is 10.6 Å². The fraction of sp³-hybridized carbons (Fsp3) is 0.0952. The number of para-hydroxylation sites is 1. The van der Waals surface area contributed by atoms with Gasteiger partial charge in [-0.05, 0) is 48.5 Å². The molecule has 2 N–H and O–H groups in total. The first kappa shape index (κ1) is 17.4. The number of nitrogens with one attached hydrogen (secondary N) is 2. The second-order valence-electron chi connectivity index (χ2n) is 5.59. The molecule has 0 heterocycles. The summed E-state index contributed by atoms with van der Waals surface area (Å²) in [6, 6.07) is 22.3. The maximum atomic E-state index is 12.4. The van der Waals surface area contributed by atoms with Crippen molar-refractivity contribution in [2.45, 2.75) is 0 Å². The Labute approximate surface area is 152 Å². The van der Waals surface area contributed by atoms with Crippen LogP contribution in [-0.2, 0) is 0 Å². The van der Waals surface area contributed by atoms with Crippen LogP contribution in [0.5, 0.6) is 11.5 Å². The molecule has 26 heavy (non-hydrogen) atoms. The number of hydrogen-bond donors (Lipinski definition) is 2. The van der Waals surface area contributed by atoms with Crippen LogP contribution in [0.3, 0.4) is 0 Å². The van der Waals surface area contributed by atoms with E-state index in [0.717, 1.165) is 17.1 Å². The van der Waals surface area contributed by atoms with Crippen LogP contribution >= 0.6 is 0 Å². The molecular weight excluding hydrogens is 328 g/mol. The van der Waals surface area contributed by atoms with Crippen LogP contribution < -0.4 is 20.1 Å². The summed E-state index contributed by atoms with van der Waals surface area (Å²) in [6.45, 7) is 0. The second kappa shape index (κ2) is 8.07. The highest BCUT2D eigenvalue weighted by Crippen LogP contribution is 2.23. The van der Waals surface area contributed by atoms with E-state index in [1.54, 1.807) is 32.4 Å². The predicted octanol–water partition coefficient (Wildman–Crippen LogP) is 4.70. The van der Waals surface area contributed by atoms with Crippen LogP contribution in [0.2, 0.25) is 0 Å². The molecule has 3 aromatic rings. The van der Waals surface area contributed by atoms with Gasteiger partial charge in [-0.3, -0.25) is 4.79 Å². The number of amides is 1. The standard InChI is InChI=1S/C21H20N2O3/c1-25-18-7-5-6-17(14-18)22-15-10-12-16(13-11-15)23-21(24)19-8-3-4-9-20(19)26-2/h3-14,22H,1-2H3,(H,23,24). The van der Waals surface area contributed by atoms with Crippen LogP contribution in [0.15, 0.2) is 72.8 Å². The summed E-state index contributed by atoms with van der Waals surface area (Å²) in [5, 5.41) is 6.17. The van der Waals surface area contributed by atoms with Gasteiger partial charge in [0.25, 0.3) is 5.91 Å². The average Bonchev–Trinajstić information content (AvgIpc) is 2.69. The molecule has 0 bridgehead atoms. The molecule has 5 heteroatoms. The van der Waals surface area contributed by atoms with Gasteiger partial charge in [0.2, 0.25) is 0 Å². The van der Waals surface area contributed by atoms with E-state index in [9.17, 15) is 4.79 Å². The molecule has 1 amide bonds. The van der Waals surface area contributed by atoms with E-state index in [-0.39, 0.29) is 5.91 Å². The lowest BCUT2D eigenvalue weighted by Crippen LogP contribution is -2.13. The highest BCUT2D eigenvalue weighted by Gasteiger charge is 2.11. The third kappa shape index (κ3) is 4.13. The lowest BCUT2D eigenvalue weighted by Gasteiger charge is -2.11. The summed E-state index contributed by atoms with van der Waals surface area (Å²) < 4.78 is 10.4. The number of methoxy groups -OCH3 is 2. The zero-order valence-electron chi connectivity index (χ0n) is 14.7. The van der Waals surface area contributed by atoms with Gasteiger partial charge in [0, 0.05) is 23.1 Å². The molecular formula is C21H20N2O3. The van der Waals surface area contributed by atoms with E-state index < -0.39 is 0 Å². The van der Waals surface area contributed by atoms with E-state index in [0.29, 0.717) is 17.0 Å². The molecule has 3 aromatic carbocycles. The molecule has 0 spiro atoms. The number of carbonyl (C=O) groups is 1. The van der Waals surface area contributed by atoms with Crippen molar-refractivity contribution < 1.29 is 14.3 Å². The Kier molecular flexibility index (Phi) is 5.39. The topological polar surface area (TPSA) is 59.6 Å². The minimum Gasteiger partial charge on any atom is -0.497 e. The Morgan fingerprint density at radius 1 is 0.769 bits per heavy atom. The van der Waals surface area contributed by atoms with Gasteiger partial charge < -0.3 is 20.1 Å². The third-order valence-corrected chi connectivity index (χ3v) is 3.85. The number of benzene rings is 3. The van der Waals surface area contributed by atoms with Crippen molar-refractivity contribution in [3.05, 3.63) is 78.4 Å². The van der Waals surface area contributed by atoms with E-state index >= 15 is 0 Å². The lowest BCUT2D eigenvalue weighted by molar-refractivity contribution is 0.102. The molecule has 3 rings (SSSR count). The van der Waals surface area contributed by atoms with Crippen LogP contribution in [0.1, 0.15) is 10.4 Å². The summed E-state index contributed by atoms with van der Waals surface area (Å²) in [5.74, 6) is 1.12. The molecule has 0 radical (unpaired) electrons. The number of rotatable bonds is 6. The minimum absolute atomic E-state index is 0.212. The van der Waals surface area contributed by atoms with Crippen molar-refractivity contribution in [2.24, 2.45) is 0 Å². The third-order valence-electron chi connectivity index (χ3n) is 3.85. The first-order valence-corrected chi connectivity index (χ1v) is 8.15. The maximum absolute atomic E-state index is 12.4. The fourth-order valence-electron chi connectivity index (χ4n) is 2.54. The van der Waals surface area contributed by atoms with Crippen molar-refractivity contribution in [3.63, 3.8) is 0 Å². The quantitative estimate of drug-likeness (QED) is 0.678. The molecule has 0 unspecified atom stereocenters. The Bertz CT molecular complexity index is 892. The summed E-state index contributed by atoms with van der Waals surface area (Å²) in [4.78, 5) is 12.4. The summed E-state index contributed by atoms with van der Waals surface area (Å²) in [7, 11) is 3.18. The summed E-state index contributed by atoms with van der Waals surface area (Å²) in [5.41, 5.74) is 3.04. The van der Waals surface area contributed by atoms with Gasteiger partial charge in [0.05, 0.1) is 19.8 Å². The Morgan fingerprint density at radius 2 is 1.50 bits per heavy atom. The molecule has 0 saturated carbocycles. The zero-order chi connectivity index (χ0) is 18.4. The van der Waals surface area contributed by atoms with Gasteiger partial charge in [0.1, 0.15) is 11.5 Å². The van der Waals surface area contributed by atoms with Crippen molar-refractivity contribution in [2.75, 3.05) is 24.9 Å². The second-order valence-corrected chi connectivity index (χ2v) is 5.59. The highest BCUT2D eigenvalue weighted by atomic mass is 16.5. The molecule has 0 aromatic heterocycles. The van der Waals surface area contributed by atoms with Gasteiger partial charge in [-0.15, -0.1) is 0 Å². The van der Waals surface area contributed by atoms with Gasteiger partial charge >= 0.3 is 0 Å². The molecule has 0 saturated heterocycles. The first-order chi connectivity index (χ1) is 12.7. The van der Waals surface area contributed by atoms with Crippen molar-refractivity contribution in [1.29, 1.82) is 0 Å². The number of hydrogen-bond acceptors (Lipinski definition) is 4. The molecule has 0 aliphatic heterocycles. The minimum atomic E-state index is -0.212. The van der Waals surface area contributed by atoms with Crippen molar-refractivity contribution in [1.82, 2.24) is 0 Å². The van der Waals surface area contributed by atoms with Gasteiger partial charge in [-0.1, -0.05) is 18.2 Å². The smallest absolute Gasteiger partial charge is 0.259 e. The molecule has 0 aliphatic rings. The lowest BCUT2D eigenvalue weighted by atomic mass is 10.2. The number of ether oxygens (including phenoxy) is 2. The molecule has 0 fully saturated rings. The first-order valence-electron chi connectivity index (χ1n) is 8.15. The number of anilines is 3. The Morgan fingerprint density at radius 3 is 2.23 bits per heavy atom. The SMILES string of the molecule is COc1cccc(Nc2ccc(NC(=O)c3ccccc3OC)cc2)c1. The number of carbonyl (C=O) groups excluding carboxylic acids is 1. The normalized spacial score (nSPS) is 10.1. The summed E-state index contributed by atoms with van der Waals surface area (Å²) >= 11 is 0. The fourth-order valence-corrected chi connectivity index (χ4v) is 2.54. The molecule has 0 atom stereocenters. The Hall–Kier alpha value is -3.47. The highest BCUT2D eigenvalue weighted by molar-refractivity contribution is 6.06. The maximum Gasteiger partial charge on any atom is 0.259 e. The molecule has 132 valence electrons. The van der Waals surface area contributed by atoms with Crippen molar-refractivity contribution >= 4 is 23.0 Å². The molecule has 5 nitrogen and oxygen atoms in total. The van der Waals surface area contributed by atoms with Gasteiger partial charge in [-0.2, -0.15) is 0 Å². The van der Waals surface area contributed by atoms with Gasteiger partial charge in [0.15, 0.2) is 0 Å². The van der Waals surface area contributed by atoms with E-state index in [4.69, 9.17) is 9.47 Å². The van der Waals surface area contributed by atoms with Gasteiger partial charge in [-0.25, -0.2) is 0 Å². The van der Waals surface area contributed by atoms with E-state index in [1.807, 2.05) is 54.6 Å². The van der Waals surface area contributed by atoms with Crippen molar-refractivity contribution in [3.8, 4) is 11.5 Å². The largest absolute Gasteiger partial charge is 0.497 e. The van der Waals surface area contributed by atoms with Crippen LogP contribution in [-0.4, -0.2) is 20.1 Å².